The number of guanidine groups is 1. The SMILES string of the molecule is CN=C(NCCc1ccc(S(C)(=O)=O)cc1)NCc1ccccc1OC1CCC1.I. The Labute approximate surface area is 196 Å². The van der Waals surface area contributed by atoms with Gasteiger partial charge in [-0.25, -0.2) is 8.42 Å². The van der Waals surface area contributed by atoms with Crippen molar-refractivity contribution in [2.45, 2.75) is 43.2 Å². The lowest BCUT2D eigenvalue weighted by Gasteiger charge is -2.27. The quantitative estimate of drug-likeness (QED) is 0.303. The van der Waals surface area contributed by atoms with Gasteiger partial charge in [-0.1, -0.05) is 30.3 Å². The summed E-state index contributed by atoms with van der Waals surface area (Å²) in [5, 5.41) is 6.63. The molecular weight excluding hydrogens is 513 g/mol. The second kappa shape index (κ2) is 11.5. The summed E-state index contributed by atoms with van der Waals surface area (Å²) in [6, 6.07) is 15.1. The minimum atomic E-state index is -3.16. The van der Waals surface area contributed by atoms with E-state index in [-0.39, 0.29) is 24.0 Å². The molecule has 0 bridgehead atoms. The molecule has 0 spiro atoms. The topological polar surface area (TPSA) is 79.8 Å². The highest BCUT2D eigenvalue weighted by Crippen LogP contribution is 2.27. The van der Waals surface area contributed by atoms with E-state index in [0.717, 1.165) is 42.1 Å². The Morgan fingerprint density at radius 1 is 1.10 bits per heavy atom. The number of sulfone groups is 1. The van der Waals surface area contributed by atoms with Gasteiger partial charge in [0.25, 0.3) is 0 Å². The molecule has 1 saturated carbocycles. The lowest BCUT2D eigenvalue weighted by molar-refractivity contribution is 0.119. The second-order valence-corrected chi connectivity index (χ2v) is 9.31. The molecule has 0 unspecified atom stereocenters. The van der Waals surface area contributed by atoms with Crippen LogP contribution in [0.4, 0.5) is 0 Å². The zero-order valence-corrected chi connectivity index (χ0v) is 20.6. The number of nitrogens with zero attached hydrogens (tertiary/aromatic N) is 1. The fourth-order valence-corrected chi connectivity index (χ4v) is 3.69. The predicted molar refractivity (Wildman–Crippen MR) is 132 cm³/mol. The van der Waals surface area contributed by atoms with Crippen LogP contribution in [0.25, 0.3) is 0 Å². The molecule has 164 valence electrons. The van der Waals surface area contributed by atoms with Gasteiger partial charge in [-0.3, -0.25) is 4.99 Å². The standard InChI is InChI=1S/C22H29N3O3S.HI/c1-23-22(24-15-14-17-10-12-20(13-11-17)29(2,26)27)25-16-18-6-3-4-9-21(18)28-19-7-5-8-19;/h3-4,6,9-13,19H,5,7-8,14-16H2,1-2H3,(H2,23,24,25);1H. The highest BCUT2D eigenvalue weighted by Gasteiger charge is 2.20. The molecule has 3 rings (SSSR count). The average molecular weight is 543 g/mol. The Morgan fingerprint density at radius 3 is 2.40 bits per heavy atom. The molecule has 0 heterocycles. The number of aliphatic imine (C=N–C) groups is 1. The average Bonchev–Trinajstić information content (AvgIpc) is 2.68. The maximum atomic E-state index is 11.5. The van der Waals surface area contributed by atoms with Crippen LogP contribution in [0.15, 0.2) is 58.4 Å². The van der Waals surface area contributed by atoms with Crippen molar-refractivity contribution in [1.82, 2.24) is 10.6 Å². The van der Waals surface area contributed by atoms with E-state index in [4.69, 9.17) is 4.74 Å². The molecule has 30 heavy (non-hydrogen) atoms. The van der Waals surface area contributed by atoms with E-state index in [1.54, 1.807) is 19.2 Å². The van der Waals surface area contributed by atoms with E-state index < -0.39 is 9.84 Å². The van der Waals surface area contributed by atoms with E-state index in [9.17, 15) is 8.42 Å². The maximum Gasteiger partial charge on any atom is 0.191 e. The molecule has 6 nitrogen and oxygen atoms in total. The smallest absolute Gasteiger partial charge is 0.191 e. The molecule has 1 aliphatic carbocycles. The zero-order chi connectivity index (χ0) is 20.7. The third-order valence-electron chi connectivity index (χ3n) is 5.05. The van der Waals surface area contributed by atoms with E-state index in [1.165, 1.54) is 12.7 Å². The monoisotopic (exact) mass is 543 g/mol. The van der Waals surface area contributed by atoms with Gasteiger partial charge in [0.1, 0.15) is 5.75 Å². The van der Waals surface area contributed by atoms with Gasteiger partial charge in [-0.2, -0.15) is 0 Å². The van der Waals surface area contributed by atoms with E-state index in [2.05, 4.69) is 21.7 Å². The van der Waals surface area contributed by atoms with Crippen LogP contribution in [0.2, 0.25) is 0 Å². The lowest BCUT2D eigenvalue weighted by Crippen LogP contribution is -2.38. The second-order valence-electron chi connectivity index (χ2n) is 7.30. The first-order valence-corrected chi connectivity index (χ1v) is 11.8. The predicted octanol–water partition coefficient (Wildman–Crippen LogP) is 3.55. The molecule has 1 aliphatic rings. The molecular formula is C22H30IN3O3S. The van der Waals surface area contributed by atoms with Gasteiger partial charge >= 0.3 is 0 Å². The van der Waals surface area contributed by atoms with E-state index >= 15 is 0 Å². The van der Waals surface area contributed by atoms with Crippen LogP contribution >= 0.6 is 24.0 Å². The first-order chi connectivity index (χ1) is 14.0. The fourth-order valence-electron chi connectivity index (χ4n) is 3.06. The fraction of sp³-hybridized carbons (Fsp3) is 0.409. The number of hydrogen-bond acceptors (Lipinski definition) is 4. The summed E-state index contributed by atoms with van der Waals surface area (Å²) >= 11 is 0. The van der Waals surface area contributed by atoms with Crippen molar-refractivity contribution in [2.24, 2.45) is 4.99 Å². The van der Waals surface area contributed by atoms with Crippen LogP contribution in [0.3, 0.4) is 0 Å². The number of ether oxygens (including phenoxy) is 1. The molecule has 2 N–H and O–H groups in total. The van der Waals surface area contributed by atoms with Crippen molar-refractivity contribution in [3.05, 3.63) is 59.7 Å². The Kier molecular flexibility index (Phi) is 9.41. The Bertz CT molecular complexity index is 942. The molecule has 2 aromatic rings. The molecule has 0 radical (unpaired) electrons. The van der Waals surface area contributed by atoms with Crippen LogP contribution in [-0.4, -0.2) is 40.3 Å². The van der Waals surface area contributed by atoms with Crippen molar-refractivity contribution in [2.75, 3.05) is 19.8 Å². The van der Waals surface area contributed by atoms with Crippen molar-refractivity contribution in [1.29, 1.82) is 0 Å². The van der Waals surface area contributed by atoms with Gasteiger partial charge < -0.3 is 15.4 Å². The summed E-state index contributed by atoms with van der Waals surface area (Å²) in [7, 11) is -1.41. The highest BCUT2D eigenvalue weighted by atomic mass is 127. The first-order valence-electron chi connectivity index (χ1n) is 9.94. The number of para-hydroxylation sites is 1. The molecule has 1 fully saturated rings. The van der Waals surface area contributed by atoms with Crippen LogP contribution in [0.1, 0.15) is 30.4 Å². The van der Waals surface area contributed by atoms with Gasteiger partial charge in [0, 0.05) is 32.0 Å². The Morgan fingerprint density at radius 2 is 1.80 bits per heavy atom. The highest BCUT2D eigenvalue weighted by molar-refractivity contribution is 14.0. The zero-order valence-electron chi connectivity index (χ0n) is 17.4. The number of halogens is 1. The van der Waals surface area contributed by atoms with Gasteiger partial charge in [0.2, 0.25) is 0 Å². The third kappa shape index (κ3) is 7.16. The maximum absolute atomic E-state index is 11.5. The van der Waals surface area contributed by atoms with Crippen molar-refractivity contribution < 1.29 is 13.2 Å². The van der Waals surface area contributed by atoms with Crippen molar-refractivity contribution in [3.8, 4) is 5.75 Å². The normalized spacial score (nSPS) is 14.4. The number of hydrogen-bond donors (Lipinski definition) is 2. The minimum absolute atomic E-state index is 0. The molecule has 0 saturated heterocycles. The summed E-state index contributed by atoms with van der Waals surface area (Å²) in [5.41, 5.74) is 2.18. The third-order valence-corrected chi connectivity index (χ3v) is 6.17. The first kappa shape index (κ1) is 24.5. The summed E-state index contributed by atoms with van der Waals surface area (Å²) in [6.45, 7) is 1.32. The summed E-state index contributed by atoms with van der Waals surface area (Å²) in [5.74, 6) is 1.65. The van der Waals surface area contributed by atoms with Crippen molar-refractivity contribution >= 4 is 39.8 Å². The van der Waals surface area contributed by atoms with Crippen LogP contribution < -0.4 is 15.4 Å². The Balaban J connectivity index is 0.00000320. The largest absolute Gasteiger partial charge is 0.490 e. The number of rotatable bonds is 8. The summed E-state index contributed by atoms with van der Waals surface area (Å²) in [4.78, 5) is 4.62. The lowest BCUT2D eigenvalue weighted by atomic mass is 9.96. The molecule has 0 aliphatic heterocycles. The van der Waals surface area contributed by atoms with Crippen LogP contribution in [0, 0.1) is 0 Å². The van der Waals surface area contributed by atoms with Gasteiger partial charge in [0.15, 0.2) is 15.8 Å². The molecule has 0 atom stereocenters. The molecule has 0 aromatic heterocycles. The van der Waals surface area contributed by atoms with Gasteiger partial charge in [-0.15, -0.1) is 24.0 Å². The van der Waals surface area contributed by atoms with Crippen molar-refractivity contribution in [3.63, 3.8) is 0 Å². The van der Waals surface area contributed by atoms with E-state index in [1.807, 2.05) is 30.3 Å². The number of nitrogens with one attached hydrogen (secondary N) is 2. The van der Waals surface area contributed by atoms with Gasteiger partial charge in [0.05, 0.1) is 11.0 Å². The van der Waals surface area contributed by atoms with Gasteiger partial charge in [-0.05, 0) is 49.4 Å². The molecule has 8 heteroatoms. The van der Waals surface area contributed by atoms with Crippen LogP contribution in [-0.2, 0) is 22.8 Å². The molecule has 2 aromatic carbocycles. The van der Waals surface area contributed by atoms with Crippen LogP contribution in [0.5, 0.6) is 5.75 Å². The summed E-state index contributed by atoms with van der Waals surface area (Å²) in [6.07, 6.45) is 5.86. The Hall–Kier alpha value is -1.81. The minimum Gasteiger partial charge on any atom is -0.490 e. The molecule has 0 amide bonds. The van der Waals surface area contributed by atoms with E-state index in [0.29, 0.717) is 24.1 Å². The number of benzene rings is 2. The summed E-state index contributed by atoms with van der Waals surface area (Å²) < 4.78 is 29.1.